The second kappa shape index (κ2) is 8.88. The summed E-state index contributed by atoms with van der Waals surface area (Å²) < 4.78 is 7.23. The minimum Gasteiger partial charge on any atom is -0.496 e. The van der Waals surface area contributed by atoms with Crippen LogP contribution in [-0.4, -0.2) is 29.1 Å². The predicted molar refractivity (Wildman–Crippen MR) is 122 cm³/mol. The zero-order valence-electron chi connectivity index (χ0n) is 16.7. The van der Waals surface area contributed by atoms with Gasteiger partial charge in [-0.15, -0.1) is 11.8 Å². The van der Waals surface area contributed by atoms with E-state index in [-0.39, 0.29) is 5.91 Å². The fourth-order valence-corrected chi connectivity index (χ4v) is 3.65. The van der Waals surface area contributed by atoms with Crippen LogP contribution in [0.1, 0.15) is 10.4 Å². The first-order valence-electron chi connectivity index (χ1n) is 9.43. The van der Waals surface area contributed by atoms with Gasteiger partial charge in [0.05, 0.1) is 18.4 Å². The largest absolute Gasteiger partial charge is 0.496 e. The Hall–Kier alpha value is -3.51. The van der Waals surface area contributed by atoms with Gasteiger partial charge < -0.3 is 10.1 Å². The van der Waals surface area contributed by atoms with E-state index in [2.05, 4.69) is 5.32 Å². The van der Waals surface area contributed by atoms with Crippen LogP contribution in [0.4, 0.5) is 5.69 Å². The molecule has 3 aromatic carbocycles. The molecule has 30 heavy (non-hydrogen) atoms. The summed E-state index contributed by atoms with van der Waals surface area (Å²) in [5.41, 5.74) is 3.41. The Bertz CT molecular complexity index is 1170. The number of aromatic nitrogens is 2. The molecule has 0 saturated heterocycles. The van der Waals surface area contributed by atoms with E-state index in [0.717, 1.165) is 21.8 Å². The van der Waals surface area contributed by atoms with Gasteiger partial charge in [0.1, 0.15) is 11.4 Å². The van der Waals surface area contributed by atoms with Crippen molar-refractivity contribution >= 4 is 23.4 Å². The van der Waals surface area contributed by atoms with E-state index in [9.17, 15) is 4.79 Å². The number of para-hydroxylation sites is 2. The zero-order valence-corrected chi connectivity index (χ0v) is 17.5. The lowest BCUT2D eigenvalue weighted by atomic mass is 10.1. The number of benzene rings is 3. The molecular formula is C24H21N3O2S. The first-order valence-corrected chi connectivity index (χ1v) is 10.7. The molecule has 0 aliphatic heterocycles. The third-order valence-corrected chi connectivity index (χ3v) is 5.39. The van der Waals surface area contributed by atoms with Crippen molar-refractivity contribution < 1.29 is 9.53 Å². The fraction of sp³-hybridized carbons (Fsp3) is 0.0833. The quantitative estimate of drug-likeness (QED) is 0.421. The lowest BCUT2D eigenvalue weighted by molar-refractivity contribution is 0.102. The van der Waals surface area contributed by atoms with Crippen molar-refractivity contribution in [3.05, 3.63) is 90.6 Å². The molecule has 0 unspecified atom stereocenters. The molecule has 1 N–H and O–H groups in total. The first-order chi connectivity index (χ1) is 14.7. The number of nitrogens with one attached hydrogen (secondary N) is 1. The SMILES string of the molecule is COc1ccccc1-c1nn(-c2ccccc2)cc1C(=O)Nc1cccc(SC)c1. The average Bonchev–Trinajstić information content (AvgIpc) is 3.25. The van der Waals surface area contributed by atoms with Crippen molar-refractivity contribution in [3.63, 3.8) is 0 Å². The molecule has 0 radical (unpaired) electrons. The molecule has 1 heterocycles. The molecule has 5 nitrogen and oxygen atoms in total. The Labute approximate surface area is 179 Å². The van der Waals surface area contributed by atoms with Crippen molar-refractivity contribution in [1.82, 2.24) is 9.78 Å². The summed E-state index contributed by atoms with van der Waals surface area (Å²) in [5, 5.41) is 7.73. The summed E-state index contributed by atoms with van der Waals surface area (Å²) in [6, 6.07) is 25.0. The molecule has 4 aromatic rings. The van der Waals surface area contributed by atoms with E-state index < -0.39 is 0 Å². The second-order valence-corrected chi connectivity index (χ2v) is 7.44. The topological polar surface area (TPSA) is 56.2 Å². The van der Waals surface area contributed by atoms with Crippen LogP contribution < -0.4 is 10.1 Å². The van der Waals surface area contributed by atoms with Gasteiger partial charge in [0.25, 0.3) is 5.91 Å². The van der Waals surface area contributed by atoms with Crippen molar-refractivity contribution in [3.8, 4) is 22.7 Å². The molecular weight excluding hydrogens is 394 g/mol. The number of hydrogen-bond acceptors (Lipinski definition) is 4. The van der Waals surface area contributed by atoms with E-state index in [1.165, 1.54) is 0 Å². The Morgan fingerprint density at radius 2 is 1.77 bits per heavy atom. The molecule has 1 aromatic heterocycles. The Morgan fingerprint density at radius 3 is 2.53 bits per heavy atom. The molecule has 4 rings (SSSR count). The molecule has 6 heteroatoms. The number of carbonyl (C=O) groups is 1. The van der Waals surface area contributed by atoms with Crippen molar-refractivity contribution in [2.24, 2.45) is 0 Å². The van der Waals surface area contributed by atoms with Gasteiger partial charge in [-0.1, -0.05) is 36.4 Å². The van der Waals surface area contributed by atoms with Gasteiger partial charge in [-0.3, -0.25) is 4.79 Å². The maximum atomic E-state index is 13.2. The lowest BCUT2D eigenvalue weighted by Crippen LogP contribution is -2.12. The van der Waals surface area contributed by atoms with Crippen LogP contribution in [-0.2, 0) is 0 Å². The van der Waals surface area contributed by atoms with Gasteiger partial charge >= 0.3 is 0 Å². The maximum Gasteiger partial charge on any atom is 0.259 e. The molecule has 0 spiro atoms. The van der Waals surface area contributed by atoms with Crippen molar-refractivity contribution in [2.45, 2.75) is 4.90 Å². The van der Waals surface area contributed by atoms with Crippen molar-refractivity contribution in [2.75, 3.05) is 18.7 Å². The number of amides is 1. The van der Waals surface area contributed by atoms with E-state index in [4.69, 9.17) is 9.84 Å². The molecule has 1 amide bonds. The summed E-state index contributed by atoms with van der Waals surface area (Å²) >= 11 is 1.63. The molecule has 0 aliphatic carbocycles. The normalized spacial score (nSPS) is 10.6. The van der Waals surface area contributed by atoms with Crippen LogP contribution in [0.25, 0.3) is 16.9 Å². The molecule has 0 fully saturated rings. The number of thioether (sulfide) groups is 1. The Morgan fingerprint density at radius 1 is 1.00 bits per heavy atom. The Balaban J connectivity index is 1.78. The number of ether oxygens (including phenoxy) is 1. The van der Waals surface area contributed by atoms with Gasteiger partial charge in [-0.2, -0.15) is 5.10 Å². The number of carbonyl (C=O) groups excluding carboxylic acids is 1. The summed E-state index contributed by atoms with van der Waals surface area (Å²) in [4.78, 5) is 14.3. The monoisotopic (exact) mass is 415 g/mol. The molecule has 0 saturated carbocycles. The van der Waals surface area contributed by atoms with Crippen molar-refractivity contribution in [1.29, 1.82) is 0 Å². The minimum atomic E-state index is -0.226. The van der Waals surface area contributed by atoms with Crippen LogP contribution in [0.5, 0.6) is 5.75 Å². The molecule has 0 atom stereocenters. The average molecular weight is 416 g/mol. The minimum absolute atomic E-state index is 0.226. The van der Waals surface area contributed by atoms with Gasteiger partial charge in [-0.25, -0.2) is 4.68 Å². The highest BCUT2D eigenvalue weighted by Gasteiger charge is 2.21. The van der Waals surface area contributed by atoms with E-state index in [1.807, 2.05) is 85.1 Å². The Kier molecular flexibility index (Phi) is 5.86. The highest BCUT2D eigenvalue weighted by atomic mass is 32.2. The third kappa shape index (κ3) is 4.09. The smallest absolute Gasteiger partial charge is 0.259 e. The van der Waals surface area contributed by atoms with Crippen LogP contribution >= 0.6 is 11.8 Å². The van der Waals surface area contributed by atoms with Crippen LogP contribution in [0, 0.1) is 0 Å². The van der Waals surface area contributed by atoms with Crippen LogP contribution in [0.3, 0.4) is 0 Å². The second-order valence-electron chi connectivity index (χ2n) is 6.56. The van der Waals surface area contributed by atoms with E-state index >= 15 is 0 Å². The highest BCUT2D eigenvalue weighted by Crippen LogP contribution is 2.32. The van der Waals surface area contributed by atoms with Gasteiger partial charge in [0.15, 0.2) is 0 Å². The first kappa shape index (κ1) is 19.8. The number of anilines is 1. The molecule has 150 valence electrons. The summed E-state index contributed by atoms with van der Waals surface area (Å²) in [5.74, 6) is 0.436. The fourth-order valence-electron chi connectivity index (χ4n) is 3.19. The predicted octanol–water partition coefficient (Wildman–Crippen LogP) is 5.52. The molecule has 0 bridgehead atoms. The van der Waals surface area contributed by atoms with Gasteiger partial charge in [0.2, 0.25) is 0 Å². The van der Waals surface area contributed by atoms with Gasteiger partial charge in [-0.05, 0) is 48.7 Å². The van der Waals surface area contributed by atoms with Gasteiger partial charge in [0, 0.05) is 22.3 Å². The van der Waals surface area contributed by atoms with E-state index in [0.29, 0.717) is 17.0 Å². The highest BCUT2D eigenvalue weighted by molar-refractivity contribution is 7.98. The summed E-state index contributed by atoms with van der Waals surface area (Å²) in [6.45, 7) is 0. The van der Waals surface area contributed by atoms with Crippen LogP contribution in [0.15, 0.2) is 90.0 Å². The van der Waals surface area contributed by atoms with E-state index in [1.54, 1.807) is 29.8 Å². The lowest BCUT2D eigenvalue weighted by Gasteiger charge is -2.09. The molecule has 0 aliphatic rings. The third-order valence-electron chi connectivity index (χ3n) is 4.67. The zero-order chi connectivity index (χ0) is 20.9. The van der Waals surface area contributed by atoms with Crippen LogP contribution in [0.2, 0.25) is 0 Å². The number of hydrogen-bond donors (Lipinski definition) is 1. The maximum absolute atomic E-state index is 13.2. The number of rotatable bonds is 6. The number of nitrogens with zero attached hydrogens (tertiary/aromatic N) is 2. The standard InChI is InChI=1S/C24H21N3O2S/c1-29-22-14-7-6-13-20(22)23-21(16-27(26-23)18-10-4-3-5-11-18)24(28)25-17-9-8-12-19(15-17)30-2/h3-16H,1-2H3,(H,25,28). The summed E-state index contributed by atoms with van der Waals surface area (Å²) in [6.07, 6.45) is 3.76. The summed E-state index contributed by atoms with van der Waals surface area (Å²) in [7, 11) is 1.61. The number of methoxy groups -OCH3 is 1.